The van der Waals surface area contributed by atoms with Gasteiger partial charge in [-0.15, -0.1) is 0 Å². The summed E-state index contributed by atoms with van der Waals surface area (Å²) in [6, 6.07) is 2.11. The van der Waals surface area contributed by atoms with E-state index in [1.165, 1.54) is 42.3 Å². The van der Waals surface area contributed by atoms with Gasteiger partial charge in [0.15, 0.2) is 0 Å². The first-order chi connectivity index (χ1) is 6.26. The number of nitrogens with one attached hydrogen (secondary N) is 1. The minimum Gasteiger partial charge on any atom is -0.315 e. The molecular formula is C10H26N2Si. The van der Waals surface area contributed by atoms with Gasteiger partial charge < -0.3 is 5.32 Å². The molecule has 0 bridgehead atoms. The Bertz CT molecular complexity index is 105. The van der Waals surface area contributed by atoms with Gasteiger partial charge in [0, 0.05) is 22.8 Å². The first-order valence-electron chi connectivity index (χ1n) is 5.70. The number of hydrogen-bond acceptors (Lipinski definition) is 2. The molecule has 3 heteroatoms. The maximum atomic E-state index is 3.52. The van der Waals surface area contributed by atoms with Crippen molar-refractivity contribution in [3.8, 4) is 0 Å². The summed E-state index contributed by atoms with van der Waals surface area (Å²) >= 11 is 0. The van der Waals surface area contributed by atoms with Crippen LogP contribution in [0.2, 0.25) is 6.04 Å². The summed E-state index contributed by atoms with van der Waals surface area (Å²) in [7, 11) is 1.35. The van der Waals surface area contributed by atoms with Crippen molar-refractivity contribution in [1.29, 1.82) is 0 Å². The molecule has 0 heterocycles. The van der Waals surface area contributed by atoms with Crippen LogP contribution in [0.15, 0.2) is 0 Å². The van der Waals surface area contributed by atoms with Crippen LogP contribution < -0.4 is 5.32 Å². The predicted octanol–water partition coefficient (Wildman–Crippen LogP) is 0.480. The lowest BCUT2D eigenvalue weighted by Crippen LogP contribution is -2.40. The van der Waals surface area contributed by atoms with E-state index in [1.807, 2.05) is 0 Å². The van der Waals surface area contributed by atoms with Crippen molar-refractivity contribution in [2.24, 2.45) is 0 Å². The zero-order chi connectivity index (χ0) is 10.1. The Kier molecular flexibility index (Phi) is 8.81. The summed E-state index contributed by atoms with van der Waals surface area (Å²) in [4.78, 5) is 2.49. The van der Waals surface area contributed by atoms with E-state index in [0.29, 0.717) is 6.04 Å². The molecule has 0 aliphatic rings. The Hall–Kier alpha value is 0.137. The normalized spacial score (nSPS) is 13.8. The SMILES string of the molecule is CCN(CC)C(C)CNCCC[SiH3]. The molecule has 0 aliphatic heterocycles. The molecule has 0 spiro atoms. The van der Waals surface area contributed by atoms with Gasteiger partial charge in [-0.1, -0.05) is 19.9 Å². The lowest BCUT2D eigenvalue weighted by molar-refractivity contribution is 0.226. The third-order valence-electron chi connectivity index (χ3n) is 2.58. The van der Waals surface area contributed by atoms with E-state index in [1.54, 1.807) is 0 Å². The second kappa shape index (κ2) is 8.72. The number of hydrogen-bond donors (Lipinski definition) is 1. The van der Waals surface area contributed by atoms with Crippen molar-refractivity contribution in [2.75, 3.05) is 26.2 Å². The minimum absolute atomic E-state index is 0.684. The molecule has 0 radical (unpaired) electrons. The third kappa shape index (κ3) is 6.24. The quantitative estimate of drug-likeness (QED) is 0.455. The van der Waals surface area contributed by atoms with E-state index in [0.717, 1.165) is 6.54 Å². The fourth-order valence-electron chi connectivity index (χ4n) is 1.59. The molecule has 0 aliphatic carbocycles. The van der Waals surface area contributed by atoms with E-state index in [4.69, 9.17) is 0 Å². The monoisotopic (exact) mass is 202 g/mol. The van der Waals surface area contributed by atoms with E-state index >= 15 is 0 Å². The average Bonchev–Trinajstić information content (AvgIpc) is 2.14. The van der Waals surface area contributed by atoms with Crippen molar-refractivity contribution in [2.45, 2.75) is 39.3 Å². The maximum absolute atomic E-state index is 3.52. The molecule has 2 nitrogen and oxygen atoms in total. The van der Waals surface area contributed by atoms with Gasteiger partial charge in [-0.25, -0.2) is 0 Å². The molecule has 0 amide bonds. The van der Waals surface area contributed by atoms with E-state index in [2.05, 4.69) is 31.0 Å². The van der Waals surface area contributed by atoms with Crippen LogP contribution in [0.1, 0.15) is 27.2 Å². The molecule has 0 saturated heterocycles. The van der Waals surface area contributed by atoms with Gasteiger partial charge in [-0.05, 0) is 33.0 Å². The van der Waals surface area contributed by atoms with Crippen LogP contribution in [0.3, 0.4) is 0 Å². The van der Waals surface area contributed by atoms with Gasteiger partial charge in [0.25, 0.3) is 0 Å². The first kappa shape index (κ1) is 13.1. The Balaban J connectivity index is 3.42. The maximum Gasteiger partial charge on any atom is 0.0192 e. The van der Waals surface area contributed by atoms with Gasteiger partial charge in [0.05, 0.1) is 0 Å². The molecule has 0 rings (SSSR count). The standard InChI is InChI=1S/C10H26N2Si/c1-4-12(5-2)10(3)9-11-7-6-8-13/h10-11H,4-9H2,1-3,13H3. The molecule has 1 atom stereocenters. The summed E-state index contributed by atoms with van der Waals surface area (Å²) in [5, 5.41) is 3.52. The highest BCUT2D eigenvalue weighted by Crippen LogP contribution is 1.96. The molecule has 0 saturated carbocycles. The smallest absolute Gasteiger partial charge is 0.0192 e. The van der Waals surface area contributed by atoms with Crippen molar-refractivity contribution in [3.05, 3.63) is 0 Å². The number of rotatable bonds is 8. The summed E-state index contributed by atoms with van der Waals surface area (Å²) in [6.45, 7) is 11.5. The Morgan fingerprint density at radius 2 is 1.92 bits per heavy atom. The highest BCUT2D eigenvalue weighted by Gasteiger charge is 2.07. The van der Waals surface area contributed by atoms with Crippen LogP contribution in [0, 0.1) is 0 Å². The molecule has 80 valence electrons. The van der Waals surface area contributed by atoms with Crippen molar-refractivity contribution in [1.82, 2.24) is 10.2 Å². The second-order valence-electron chi connectivity index (χ2n) is 3.63. The fraction of sp³-hybridized carbons (Fsp3) is 1.00. The Morgan fingerprint density at radius 1 is 1.31 bits per heavy atom. The van der Waals surface area contributed by atoms with Crippen molar-refractivity contribution in [3.63, 3.8) is 0 Å². The van der Waals surface area contributed by atoms with Gasteiger partial charge in [-0.3, -0.25) is 4.90 Å². The molecule has 1 unspecified atom stereocenters. The van der Waals surface area contributed by atoms with Crippen LogP contribution in [-0.4, -0.2) is 47.4 Å². The zero-order valence-corrected chi connectivity index (χ0v) is 11.8. The summed E-state index contributed by atoms with van der Waals surface area (Å²) < 4.78 is 0. The number of likely N-dealkylation sites (N-methyl/N-ethyl adjacent to an activating group) is 1. The van der Waals surface area contributed by atoms with Gasteiger partial charge >= 0.3 is 0 Å². The molecular weight excluding hydrogens is 176 g/mol. The largest absolute Gasteiger partial charge is 0.315 e. The van der Waals surface area contributed by atoms with E-state index in [-0.39, 0.29) is 0 Å². The van der Waals surface area contributed by atoms with Crippen molar-refractivity contribution < 1.29 is 0 Å². The molecule has 13 heavy (non-hydrogen) atoms. The fourth-order valence-corrected chi connectivity index (χ4v) is 1.94. The van der Waals surface area contributed by atoms with Crippen LogP contribution in [-0.2, 0) is 0 Å². The van der Waals surface area contributed by atoms with Gasteiger partial charge in [0.2, 0.25) is 0 Å². The molecule has 0 aromatic carbocycles. The second-order valence-corrected chi connectivity index (χ2v) is 4.63. The summed E-state index contributed by atoms with van der Waals surface area (Å²) in [6.07, 6.45) is 1.36. The van der Waals surface area contributed by atoms with E-state index in [9.17, 15) is 0 Å². The summed E-state index contributed by atoms with van der Waals surface area (Å²) in [5.74, 6) is 0. The van der Waals surface area contributed by atoms with Gasteiger partial charge in [-0.2, -0.15) is 0 Å². The van der Waals surface area contributed by atoms with Crippen LogP contribution in [0.25, 0.3) is 0 Å². The Labute approximate surface area is 86.5 Å². The first-order valence-corrected chi connectivity index (χ1v) is 7.12. The number of nitrogens with zero attached hydrogens (tertiary/aromatic N) is 1. The minimum atomic E-state index is 0.684. The molecule has 0 aromatic rings. The molecule has 0 fully saturated rings. The van der Waals surface area contributed by atoms with Gasteiger partial charge in [0.1, 0.15) is 0 Å². The zero-order valence-electron chi connectivity index (χ0n) is 9.77. The van der Waals surface area contributed by atoms with Crippen molar-refractivity contribution >= 4 is 10.2 Å². The Morgan fingerprint density at radius 3 is 2.38 bits per heavy atom. The van der Waals surface area contributed by atoms with Crippen LogP contribution >= 0.6 is 0 Å². The summed E-state index contributed by atoms with van der Waals surface area (Å²) in [5.41, 5.74) is 0. The third-order valence-corrected chi connectivity index (χ3v) is 3.29. The van der Waals surface area contributed by atoms with Crippen LogP contribution in [0.4, 0.5) is 0 Å². The highest BCUT2D eigenvalue weighted by atomic mass is 28.1. The highest BCUT2D eigenvalue weighted by molar-refractivity contribution is 6.08. The lowest BCUT2D eigenvalue weighted by atomic mass is 10.2. The lowest BCUT2D eigenvalue weighted by Gasteiger charge is -2.26. The predicted molar refractivity (Wildman–Crippen MR) is 64.6 cm³/mol. The topological polar surface area (TPSA) is 15.3 Å². The van der Waals surface area contributed by atoms with Crippen LogP contribution in [0.5, 0.6) is 0 Å². The van der Waals surface area contributed by atoms with E-state index < -0.39 is 0 Å². The molecule has 0 aromatic heterocycles. The molecule has 1 N–H and O–H groups in total. The average molecular weight is 202 g/mol.